The molecule has 6 nitrogen and oxygen atoms in total. The number of rotatable bonds is 3. The maximum atomic E-state index is 12.4. The highest BCUT2D eigenvalue weighted by molar-refractivity contribution is 6.01. The number of Topliss-reactive ketones (excluding diaryl/α,β-unsaturated/α-hetero) is 1. The summed E-state index contributed by atoms with van der Waals surface area (Å²) in [6.07, 6.45) is -2.40. The largest absolute Gasteiger partial charge is 0.416 e. The molecule has 20 heavy (non-hydrogen) atoms. The van der Waals surface area contributed by atoms with Crippen molar-refractivity contribution in [1.29, 1.82) is 0 Å². The summed E-state index contributed by atoms with van der Waals surface area (Å²) in [5.74, 6) is -0.732. The van der Waals surface area contributed by atoms with Crippen LogP contribution in [0.3, 0.4) is 0 Å². The lowest BCUT2D eigenvalue weighted by molar-refractivity contribution is -0.725. The highest BCUT2D eigenvalue weighted by atomic mass is 19.4. The Kier molecular flexibility index (Phi) is 3.35. The van der Waals surface area contributed by atoms with Crippen molar-refractivity contribution in [1.82, 2.24) is 5.17 Å². The number of nitro groups is 1. The van der Waals surface area contributed by atoms with Crippen molar-refractivity contribution >= 4 is 5.78 Å². The van der Waals surface area contributed by atoms with Gasteiger partial charge in [-0.15, -0.1) is 0 Å². The maximum Gasteiger partial charge on any atom is 0.416 e. The average molecular weight is 288 g/mol. The fraction of sp³-hybridized carbons (Fsp3) is 0.182. The Bertz CT molecular complexity index is 568. The first kappa shape index (κ1) is 13.8. The molecule has 1 aliphatic heterocycles. The van der Waals surface area contributed by atoms with Crippen LogP contribution in [0, 0.1) is 10.1 Å². The van der Waals surface area contributed by atoms with Crippen LogP contribution in [0.5, 0.6) is 0 Å². The lowest BCUT2D eigenvalue weighted by Gasteiger charge is -2.13. The van der Waals surface area contributed by atoms with E-state index in [4.69, 9.17) is 0 Å². The molecular formula is C11H7F3N2O4. The Balaban J connectivity index is 2.22. The van der Waals surface area contributed by atoms with Crippen molar-refractivity contribution < 1.29 is 27.8 Å². The molecule has 1 aromatic rings. The van der Waals surface area contributed by atoms with Crippen LogP contribution >= 0.6 is 0 Å². The van der Waals surface area contributed by atoms with Crippen molar-refractivity contribution in [2.75, 3.05) is 0 Å². The number of hydrogen-bond donors (Lipinski definition) is 0. The molecule has 0 fully saturated rings. The number of benzene rings is 1. The fourth-order valence-corrected chi connectivity index (χ4v) is 1.63. The molecule has 0 saturated carbocycles. The lowest BCUT2D eigenvalue weighted by atomic mass is 10.0. The predicted molar refractivity (Wildman–Crippen MR) is 58.6 cm³/mol. The van der Waals surface area contributed by atoms with E-state index in [-0.39, 0.29) is 10.7 Å². The molecule has 0 aliphatic carbocycles. The van der Waals surface area contributed by atoms with E-state index >= 15 is 0 Å². The Labute approximate surface area is 110 Å². The van der Waals surface area contributed by atoms with Gasteiger partial charge in [-0.2, -0.15) is 13.2 Å². The van der Waals surface area contributed by atoms with Gasteiger partial charge >= 0.3 is 6.18 Å². The highest BCUT2D eigenvalue weighted by Gasteiger charge is 2.38. The summed E-state index contributed by atoms with van der Waals surface area (Å²) >= 11 is 0. The molecule has 1 heterocycles. The normalized spacial score (nSPS) is 17.9. The van der Waals surface area contributed by atoms with Gasteiger partial charge in [0.25, 0.3) is 0 Å². The van der Waals surface area contributed by atoms with Gasteiger partial charge in [-0.05, 0) is 18.2 Å². The van der Waals surface area contributed by atoms with Gasteiger partial charge in [0.05, 0.1) is 10.7 Å². The Morgan fingerprint density at radius 2 is 1.90 bits per heavy atom. The molecule has 0 saturated heterocycles. The topological polar surface area (TPSA) is 72.7 Å². The molecule has 0 spiro atoms. The van der Waals surface area contributed by atoms with Crippen LogP contribution in [-0.4, -0.2) is 22.0 Å². The van der Waals surface area contributed by atoms with Gasteiger partial charge < -0.3 is 4.84 Å². The number of hydrogen-bond acceptors (Lipinski definition) is 4. The van der Waals surface area contributed by atoms with Crippen LogP contribution in [0.25, 0.3) is 0 Å². The molecule has 0 aromatic heterocycles. The average Bonchev–Trinajstić information content (AvgIpc) is 2.86. The van der Waals surface area contributed by atoms with Crippen molar-refractivity contribution in [3.8, 4) is 0 Å². The Hall–Kier alpha value is -2.58. The van der Waals surface area contributed by atoms with E-state index in [1.165, 1.54) is 0 Å². The molecule has 1 aromatic carbocycles. The van der Waals surface area contributed by atoms with Crippen molar-refractivity contribution in [3.05, 3.63) is 57.8 Å². The minimum atomic E-state index is -4.51. The lowest BCUT2D eigenvalue weighted by Crippen LogP contribution is -2.39. The second-order valence-corrected chi connectivity index (χ2v) is 3.86. The summed E-state index contributed by atoms with van der Waals surface area (Å²) in [6, 6.07) is 2.11. The standard InChI is InChI=1S/C11H7F3N2O4/c12-11(13,14)8-3-1-7(2-4-8)10(17)9-5-6-20-15(9)16(18)19/h1-6,9H. The molecule has 1 unspecified atom stereocenters. The number of carbonyl (C=O) groups excluding carboxylic acids is 1. The third-order valence-electron chi connectivity index (χ3n) is 2.59. The monoisotopic (exact) mass is 288 g/mol. The van der Waals surface area contributed by atoms with Crippen molar-refractivity contribution in [3.63, 3.8) is 0 Å². The number of hydrazine groups is 1. The minimum absolute atomic E-state index is 0.0787. The third kappa shape index (κ3) is 2.56. The molecule has 0 N–H and O–H groups in total. The number of ketones is 1. The maximum absolute atomic E-state index is 12.4. The first-order valence-corrected chi connectivity index (χ1v) is 5.29. The SMILES string of the molecule is O=C(c1ccc(C(F)(F)F)cc1)C1C=CON1[N+](=O)[O-]. The van der Waals surface area contributed by atoms with E-state index in [0.717, 1.165) is 36.6 Å². The van der Waals surface area contributed by atoms with Crippen LogP contribution in [-0.2, 0) is 11.0 Å². The van der Waals surface area contributed by atoms with E-state index in [1.54, 1.807) is 0 Å². The number of carbonyl (C=O) groups is 1. The zero-order valence-corrected chi connectivity index (χ0v) is 9.70. The first-order chi connectivity index (χ1) is 9.30. The second kappa shape index (κ2) is 4.83. The van der Waals surface area contributed by atoms with E-state index < -0.39 is 28.6 Å². The summed E-state index contributed by atoms with van der Waals surface area (Å²) in [4.78, 5) is 27.1. The molecule has 9 heteroatoms. The molecule has 0 radical (unpaired) electrons. The van der Waals surface area contributed by atoms with E-state index in [2.05, 4.69) is 4.84 Å². The Morgan fingerprint density at radius 3 is 2.40 bits per heavy atom. The summed E-state index contributed by atoms with van der Waals surface area (Å²) in [5.41, 5.74) is -0.983. The summed E-state index contributed by atoms with van der Waals surface area (Å²) < 4.78 is 37.1. The van der Waals surface area contributed by atoms with E-state index in [9.17, 15) is 28.1 Å². The van der Waals surface area contributed by atoms with Crippen LogP contribution < -0.4 is 0 Å². The summed E-state index contributed by atoms with van der Waals surface area (Å²) in [7, 11) is 0. The van der Waals surface area contributed by atoms with Crippen molar-refractivity contribution in [2.24, 2.45) is 0 Å². The van der Waals surface area contributed by atoms with Crippen LogP contribution in [0.15, 0.2) is 36.6 Å². The molecule has 106 valence electrons. The molecular weight excluding hydrogens is 281 g/mol. The molecule has 1 aliphatic rings. The first-order valence-electron chi connectivity index (χ1n) is 5.29. The van der Waals surface area contributed by atoms with Crippen LogP contribution in [0.2, 0.25) is 0 Å². The van der Waals surface area contributed by atoms with Crippen LogP contribution in [0.1, 0.15) is 15.9 Å². The van der Waals surface area contributed by atoms with Gasteiger partial charge in [0, 0.05) is 5.56 Å². The molecule has 2 rings (SSSR count). The van der Waals surface area contributed by atoms with Gasteiger partial charge in [-0.1, -0.05) is 12.1 Å². The molecule has 0 bridgehead atoms. The number of nitrogens with zero attached hydrogens (tertiary/aromatic N) is 2. The third-order valence-corrected chi connectivity index (χ3v) is 2.59. The second-order valence-electron chi connectivity index (χ2n) is 3.86. The predicted octanol–water partition coefficient (Wildman–Crippen LogP) is 2.21. The number of halogens is 3. The number of hydroxylamine groups is 1. The van der Waals surface area contributed by atoms with Gasteiger partial charge in [-0.3, -0.25) is 4.79 Å². The highest BCUT2D eigenvalue weighted by Crippen LogP contribution is 2.29. The zero-order chi connectivity index (χ0) is 14.9. The van der Waals surface area contributed by atoms with Gasteiger partial charge in [0.2, 0.25) is 6.04 Å². The van der Waals surface area contributed by atoms with Gasteiger partial charge in [0.1, 0.15) is 6.26 Å². The quantitative estimate of drug-likeness (QED) is 0.484. The Morgan fingerprint density at radius 1 is 1.30 bits per heavy atom. The molecule has 1 atom stereocenters. The fourth-order valence-electron chi connectivity index (χ4n) is 1.63. The smallest absolute Gasteiger partial charge is 0.336 e. The number of alkyl halides is 3. The van der Waals surface area contributed by atoms with Crippen LogP contribution in [0.4, 0.5) is 13.2 Å². The van der Waals surface area contributed by atoms with Gasteiger partial charge in [-0.25, -0.2) is 10.1 Å². The summed E-state index contributed by atoms with van der Waals surface area (Å²) in [5, 5.41) is 9.90. The zero-order valence-electron chi connectivity index (χ0n) is 9.70. The van der Waals surface area contributed by atoms with E-state index in [0.29, 0.717) is 0 Å². The van der Waals surface area contributed by atoms with E-state index in [1.807, 2.05) is 0 Å². The molecule has 0 amide bonds. The van der Waals surface area contributed by atoms with Gasteiger partial charge in [0.15, 0.2) is 10.8 Å². The summed E-state index contributed by atoms with van der Waals surface area (Å²) in [6.45, 7) is 0. The minimum Gasteiger partial charge on any atom is -0.336 e. The van der Waals surface area contributed by atoms with Crippen molar-refractivity contribution in [2.45, 2.75) is 12.2 Å².